The summed E-state index contributed by atoms with van der Waals surface area (Å²) in [6.07, 6.45) is 2.33. The monoisotopic (exact) mass is 272 g/mol. The fourth-order valence-corrected chi connectivity index (χ4v) is 1.72. The van der Waals surface area contributed by atoms with Gasteiger partial charge in [0.15, 0.2) is 0 Å². The molecule has 0 amide bonds. The van der Waals surface area contributed by atoms with Crippen molar-refractivity contribution < 1.29 is 9.64 Å². The molecule has 0 fully saturated rings. The van der Waals surface area contributed by atoms with Gasteiger partial charge in [0.05, 0.1) is 31.7 Å². The van der Waals surface area contributed by atoms with Crippen molar-refractivity contribution in [2.24, 2.45) is 0 Å². The summed E-state index contributed by atoms with van der Waals surface area (Å²) in [5.74, 6) is 0.940. The van der Waals surface area contributed by atoms with Crippen molar-refractivity contribution >= 4 is 15.9 Å². The Morgan fingerprint density at radius 1 is 1.20 bits per heavy atom. The number of benzene rings is 1. The SMILES string of the molecule is C[NH+](C)CCCCOc1ccccc1Br. The van der Waals surface area contributed by atoms with Crippen LogP contribution in [0.1, 0.15) is 12.8 Å². The zero-order valence-corrected chi connectivity index (χ0v) is 11.0. The van der Waals surface area contributed by atoms with E-state index in [9.17, 15) is 0 Å². The standard InChI is InChI=1S/C12H18BrNO/c1-14(2)9-5-6-10-15-12-8-4-3-7-11(12)13/h3-4,7-8H,5-6,9-10H2,1-2H3/p+1. The number of hydrogen-bond acceptors (Lipinski definition) is 1. The Bertz CT molecular complexity index is 289. The number of rotatable bonds is 6. The average Bonchev–Trinajstić information content (AvgIpc) is 2.20. The summed E-state index contributed by atoms with van der Waals surface area (Å²) in [4.78, 5) is 1.50. The average molecular weight is 273 g/mol. The van der Waals surface area contributed by atoms with E-state index in [4.69, 9.17) is 4.74 Å². The Morgan fingerprint density at radius 2 is 1.93 bits per heavy atom. The van der Waals surface area contributed by atoms with Gasteiger partial charge >= 0.3 is 0 Å². The van der Waals surface area contributed by atoms with Crippen molar-refractivity contribution in [2.45, 2.75) is 12.8 Å². The van der Waals surface area contributed by atoms with E-state index in [1.165, 1.54) is 17.9 Å². The fourth-order valence-electron chi connectivity index (χ4n) is 1.32. The molecule has 1 N–H and O–H groups in total. The summed E-state index contributed by atoms with van der Waals surface area (Å²) in [5.41, 5.74) is 0. The molecule has 2 nitrogen and oxygen atoms in total. The Kier molecular flexibility index (Phi) is 5.73. The van der Waals surface area contributed by atoms with Gasteiger partial charge in [-0.2, -0.15) is 0 Å². The molecule has 1 rings (SSSR count). The Balaban J connectivity index is 2.18. The van der Waals surface area contributed by atoms with Crippen LogP contribution in [-0.2, 0) is 0 Å². The maximum atomic E-state index is 5.66. The number of nitrogens with one attached hydrogen (secondary N) is 1. The molecule has 0 atom stereocenters. The fraction of sp³-hybridized carbons (Fsp3) is 0.500. The minimum Gasteiger partial charge on any atom is -0.492 e. The van der Waals surface area contributed by atoms with Crippen LogP contribution in [0.2, 0.25) is 0 Å². The number of ether oxygens (including phenoxy) is 1. The molecule has 1 aromatic carbocycles. The second-order valence-corrected chi connectivity index (χ2v) is 4.80. The summed E-state index contributed by atoms with van der Waals surface area (Å²) in [7, 11) is 4.35. The van der Waals surface area contributed by atoms with Gasteiger partial charge in [0.25, 0.3) is 0 Å². The largest absolute Gasteiger partial charge is 0.492 e. The van der Waals surface area contributed by atoms with Crippen molar-refractivity contribution in [1.29, 1.82) is 0 Å². The summed E-state index contributed by atoms with van der Waals surface area (Å²) in [6, 6.07) is 7.97. The molecule has 0 spiro atoms. The van der Waals surface area contributed by atoms with Crippen LogP contribution in [0.3, 0.4) is 0 Å². The zero-order valence-electron chi connectivity index (χ0n) is 9.42. The minimum absolute atomic E-state index is 0.801. The molecular weight excluding hydrogens is 254 g/mol. The highest BCUT2D eigenvalue weighted by molar-refractivity contribution is 9.10. The molecule has 1 aromatic rings. The van der Waals surface area contributed by atoms with Crippen LogP contribution in [0.25, 0.3) is 0 Å². The minimum atomic E-state index is 0.801. The Morgan fingerprint density at radius 3 is 2.60 bits per heavy atom. The molecular formula is C12H19BrNO+. The third-order valence-electron chi connectivity index (χ3n) is 2.17. The van der Waals surface area contributed by atoms with E-state index >= 15 is 0 Å². The molecule has 0 aliphatic rings. The third-order valence-corrected chi connectivity index (χ3v) is 2.82. The summed E-state index contributed by atoms with van der Waals surface area (Å²) in [6.45, 7) is 2.01. The first-order valence-corrected chi connectivity index (χ1v) is 6.16. The van der Waals surface area contributed by atoms with Gasteiger partial charge in [-0.05, 0) is 40.9 Å². The summed E-state index contributed by atoms with van der Waals surface area (Å²) in [5, 5.41) is 0. The third kappa shape index (κ3) is 5.19. The second-order valence-electron chi connectivity index (χ2n) is 3.94. The van der Waals surface area contributed by atoms with Gasteiger partial charge in [0.1, 0.15) is 5.75 Å². The first-order chi connectivity index (χ1) is 7.20. The van der Waals surface area contributed by atoms with E-state index in [0.717, 1.165) is 23.2 Å². The van der Waals surface area contributed by atoms with Crippen molar-refractivity contribution in [3.05, 3.63) is 28.7 Å². The second kappa shape index (κ2) is 6.85. The van der Waals surface area contributed by atoms with Crippen LogP contribution in [0.15, 0.2) is 28.7 Å². The highest BCUT2D eigenvalue weighted by Gasteiger charge is 1.99. The molecule has 0 unspecified atom stereocenters. The Hall–Kier alpha value is -0.540. The van der Waals surface area contributed by atoms with E-state index in [2.05, 4.69) is 30.0 Å². The van der Waals surface area contributed by atoms with Crippen molar-refractivity contribution in [2.75, 3.05) is 27.2 Å². The molecule has 0 saturated carbocycles. The summed E-state index contributed by atoms with van der Waals surface area (Å²) < 4.78 is 6.69. The molecule has 0 saturated heterocycles. The van der Waals surface area contributed by atoms with E-state index in [-0.39, 0.29) is 0 Å². The highest BCUT2D eigenvalue weighted by Crippen LogP contribution is 2.23. The first kappa shape index (κ1) is 12.5. The molecule has 0 aliphatic carbocycles. The number of unbranched alkanes of at least 4 members (excludes halogenated alkanes) is 1. The number of halogens is 1. The van der Waals surface area contributed by atoms with Gasteiger partial charge in [-0.15, -0.1) is 0 Å². The molecule has 3 heteroatoms. The molecule has 0 bridgehead atoms. The van der Waals surface area contributed by atoms with Gasteiger partial charge in [-0.1, -0.05) is 12.1 Å². The molecule has 0 heterocycles. The predicted molar refractivity (Wildman–Crippen MR) is 66.5 cm³/mol. The summed E-state index contributed by atoms with van der Waals surface area (Å²) >= 11 is 3.46. The number of para-hydroxylation sites is 1. The zero-order chi connectivity index (χ0) is 11.1. The van der Waals surface area contributed by atoms with E-state index in [0.29, 0.717) is 0 Å². The van der Waals surface area contributed by atoms with E-state index in [1.807, 2.05) is 24.3 Å². The first-order valence-electron chi connectivity index (χ1n) is 5.36. The lowest BCUT2D eigenvalue weighted by atomic mass is 10.3. The van der Waals surface area contributed by atoms with Crippen LogP contribution in [-0.4, -0.2) is 27.2 Å². The lowest BCUT2D eigenvalue weighted by Gasteiger charge is -2.09. The van der Waals surface area contributed by atoms with E-state index < -0.39 is 0 Å². The van der Waals surface area contributed by atoms with Crippen LogP contribution in [0.4, 0.5) is 0 Å². The molecule has 0 aliphatic heterocycles. The maximum Gasteiger partial charge on any atom is 0.133 e. The quantitative estimate of drug-likeness (QED) is 0.780. The van der Waals surface area contributed by atoms with Crippen LogP contribution >= 0.6 is 15.9 Å². The smallest absolute Gasteiger partial charge is 0.133 e. The van der Waals surface area contributed by atoms with Crippen LogP contribution < -0.4 is 9.64 Å². The lowest BCUT2D eigenvalue weighted by molar-refractivity contribution is -0.858. The van der Waals surface area contributed by atoms with Gasteiger partial charge in [0.2, 0.25) is 0 Å². The van der Waals surface area contributed by atoms with Gasteiger partial charge in [0, 0.05) is 0 Å². The van der Waals surface area contributed by atoms with Gasteiger partial charge in [-0.25, -0.2) is 0 Å². The molecule has 0 aromatic heterocycles. The molecule has 15 heavy (non-hydrogen) atoms. The number of quaternary nitrogens is 1. The van der Waals surface area contributed by atoms with Gasteiger partial charge < -0.3 is 9.64 Å². The van der Waals surface area contributed by atoms with Crippen molar-refractivity contribution in [3.63, 3.8) is 0 Å². The van der Waals surface area contributed by atoms with Crippen molar-refractivity contribution in [1.82, 2.24) is 0 Å². The van der Waals surface area contributed by atoms with Gasteiger partial charge in [-0.3, -0.25) is 0 Å². The molecule has 84 valence electrons. The normalized spacial score (nSPS) is 10.7. The van der Waals surface area contributed by atoms with Crippen LogP contribution in [0.5, 0.6) is 5.75 Å². The predicted octanol–water partition coefficient (Wildman–Crippen LogP) is 1.75. The maximum absolute atomic E-state index is 5.66. The topological polar surface area (TPSA) is 13.7 Å². The Labute approximate surface area is 100 Å². The highest BCUT2D eigenvalue weighted by atomic mass is 79.9. The van der Waals surface area contributed by atoms with Crippen molar-refractivity contribution in [3.8, 4) is 5.75 Å². The molecule has 0 radical (unpaired) electrons. The van der Waals surface area contributed by atoms with Crippen LogP contribution in [0, 0.1) is 0 Å². The number of hydrogen-bond donors (Lipinski definition) is 1. The van der Waals surface area contributed by atoms with E-state index in [1.54, 1.807) is 0 Å². The lowest BCUT2D eigenvalue weighted by Crippen LogP contribution is -3.05.